The van der Waals surface area contributed by atoms with E-state index in [9.17, 15) is 13.2 Å². The second kappa shape index (κ2) is 7.34. The van der Waals surface area contributed by atoms with E-state index in [4.69, 9.17) is 4.74 Å². The molecule has 1 saturated heterocycles. The fraction of sp³-hybridized carbons (Fsp3) is 0.375. The van der Waals surface area contributed by atoms with Gasteiger partial charge in [-0.05, 0) is 37.3 Å². The van der Waals surface area contributed by atoms with E-state index in [0.29, 0.717) is 44.2 Å². The predicted molar refractivity (Wildman–Crippen MR) is 91.9 cm³/mol. The molecule has 0 bridgehead atoms. The molecule has 134 valence electrons. The Kier molecular flexibility index (Phi) is 5.16. The van der Waals surface area contributed by atoms with Crippen LogP contribution in [0, 0.1) is 0 Å². The number of ether oxygens (including phenoxy) is 1. The van der Waals surface area contributed by atoms with Crippen LogP contribution in [0.2, 0.25) is 0 Å². The SMILES string of the molecule is CCn1nccc1C(=O)Nc1ccc(S(=O)(=O)N2CCOCC2)cc1. The number of hydrogen-bond donors (Lipinski definition) is 1. The number of morpholine rings is 1. The topological polar surface area (TPSA) is 93.5 Å². The van der Waals surface area contributed by atoms with Gasteiger partial charge in [-0.2, -0.15) is 9.40 Å². The lowest BCUT2D eigenvalue weighted by molar-refractivity contribution is 0.0730. The minimum absolute atomic E-state index is 0.200. The number of aromatic nitrogens is 2. The predicted octanol–water partition coefficient (Wildman–Crippen LogP) is 1.18. The number of hydrogen-bond acceptors (Lipinski definition) is 5. The van der Waals surface area contributed by atoms with Gasteiger partial charge in [0.1, 0.15) is 5.69 Å². The normalized spacial score (nSPS) is 15.9. The maximum atomic E-state index is 12.6. The van der Waals surface area contributed by atoms with E-state index in [1.807, 2.05) is 6.92 Å². The van der Waals surface area contributed by atoms with Crippen molar-refractivity contribution in [3.8, 4) is 0 Å². The highest BCUT2D eigenvalue weighted by Gasteiger charge is 2.26. The highest BCUT2D eigenvalue weighted by atomic mass is 32.2. The minimum atomic E-state index is -3.53. The third-order valence-electron chi connectivity index (χ3n) is 3.97. The van der Waals surface area contributed by atoms with Crippen LogP contribution in [0.4, 0.5) is 5.69 Å². The van der Waals surface area contributed by atoms with Gasteiger partial charge in [-0.3, -0.25) is 9.48 Å². The van der Waals surface area contributed by atoms with Gasteiger partial charge in [0.25, 0.3) is 5.91 Å². The van der Waals surface area contributed by atoms with E-state index in [0.717, 1.165) is 0 Å². The van der Waals surface area contributed by atoms with Gasteiger partial charge in [0.15, 0.2) is 0 Å². The van der Waals surface area contributed by atoms with Gasteiger partial charge in [0.2, 0.25) is 10.0 Å². The van der Waals surface area contributed by atoms with Crippen LogP contribution >= 0.6 is 0 Å². The molecule has 0 atom stereocenters. The second-order valence-electron chi connectivity index (χ2n) is 5.53. The molecule has 0 saturated carbocycles. The molecule has 1 N–H and O–H groups in total. The number of rotatable bonds is 5. The number of anilines is 1. The van der Waals surface area contributed by atoms with Gasteiger partial charge in [-0.15, -0.1) is 0 Å². The summed E-state index contributed by atoms with van der Waals surface area (Å²) in [5.74, 6) is -0.289. The van der Waals surface area contributed by atoms with Crippen molar-refractivity contribution in [3.63, 3.8) is 0 Å². The van der Waals surface area contributed by atoms with Gasteiger partial charge in [-0.1, -0.05) is 0 Å². The second-order valence-corrected chi connectivity index (χ2v) is 7.47. The van der Waals surface area contributed by atoms with Crippen LogP contribution in [-0.2, 0) is 21.3 Å². The van der Waals surface area contributed by atoms with Crippen molar-refractivity contribution in [2.75, 3.05) is 31.6 Å². The first-order valence-electron chi connectivity index (χ1n) is 8.03. The molecule has 25 heavy (non-hydrogen) atoms. The monoisotopic (exact) mass is 364 g/mol. The van der Waals surface area contributed by atoms with Crippen molar-refractivity contribution < 1.29 is 17.9 Å². The Balaban J connectivity index is 1.73. The van der Waals surface area contributed by atoms with Crippen molar-refractivity contribution in [1.82, 2.24) is 14.1 Å². The first-order valence-corrected chi connectivity index (χ1v) is 9.47. The minimum Gasteiger partial charge on any atom is -0.379 e. The number of carbonyl (C=O) groups is 1. The van der Waals surface area contributed by atoms with Crippen LogP contribution in [0.5, 0.6) is 0 Å². The molecule has 9 heteroatoms. The van der Waals surface area contributed by atoms with Gasteiger partial charge in [0.05, 0.1) is 18.1 Å². The molecular weight excluding hydrogens is 344 g/mol. The van der Waals surface area contributed by atoms with E-state index >= 15 is 0 Å². The highest BCUT2D eigenvalue weighted by molar-refractivity contribution is 7.89. The lowest BCUT2D eigenvalue weighted by Gasteiger charge is -2.26. The van der Waals surface area contributed by atoms with E-state index in [2.05, 4.69) is 10.4 Å². The summed E-state index contributed by atoms with van der Waals surface area (Å²) in [6.45, 7) is 3.99. The van der Waals surface area contributed by atoms with Crippen LogP contribution in [0.3, 0.4) is 0 Å². The summed E-state index contributed by atoms with van der Waals surface area (Å²) in [5.41, 5.74) is 0.974. The summed E-state index contributed by atoms with van der Waals surface area (Å²) in [4.78, 5) is 12.5. The Bertz CT molecular complexity index is 839. The molecule has 1 fully saturated rings. The molecule has 8 nitrogen and oxygen atoms in total. The molecule has 1 aromatic heterocycles. The van der Waals surface area contributed by atoms with Crippen LogP contribution in [0.25, 0.3) is 0 Å². The zero-order valence-electron chi connectivity index (χ0n) is 13.9. The number of carbonyl (C=O) groups excluding carboxylic acids is 1. The third kappa shape index (κ3) is 3.73. The molecule has 0 spiro atoms. The van der Waals surface area contributed by atoms with Gasteiger partial charge >= 0.3 is 0 Å². The van der Waals surface area contributed by atoms with Crippen LogP contribution in [0.15, 0.2) is 41.4 Å². The molecule has 1 aliphatic heterocycles. The Hall–Kier alpha value is -2.23. The fourth-order valence-corrected chi connectivity index (χ4v) is 4.03. The Morgan fingerprint density at radius 3 is 2.52 bits per heavy atom. The van der Waals surface area contributed by atoms with E-state index < -0.39 is 10.0 Å². The number of sulfonamides is 1. The summed E-state index contributed by atoms with van der Waals surface area (Å²) in [6, 6.07) is 7.79. The van der Waals surface area contributed by atoms with Gasteiger partial charge in [-0.25, -0.2) is 8.42 Å². The van der Waals surface area contributed by atoms with Crippen LogP contribution in [-0.4, -0.2) is 54.7 Å². The molecule has 3 rings (SSSR count). The zero-order valence-corrected chi connectivity index (χ0v) is 14.7. The number of aryl methyl sites for hydroxylation is 1. The van der Waals surface area contributed by atoms with Crippen LogP contribution < -0.4 is 5.32 Å². The van der Waals surface area contributed by atoms with Gasteiger partial charge < -0.3 is 10.1 Å². The molecule has 0 radical (unpaired) electrons. The molecular formula is C16H20N4O4S. The molecule has 1 amide bonds. The fourth-order valence-electron chi connectivity index (χ4n) is 2.62. The quantitative estimate of drug-likeness (QED) is 0.860. The van der Waals surface area contributed by atoms with Crippen LogP contribution in [0.1, 0.15) is 17.4 Å². The molecule has 2 heterocycles. The largest absolute Gasteiger partial charge is 0.379 e. The zero-order chi connectivity index (χ0) is 17.9. The average molecular weight is 364 g/mol. The Morgan fingerprint density at radius 2 is 1.88 bits per heavy atom. The smallest absolute Gasteiger partial charge is 0.273 e. The van der Waals surface area contributed by atoms with Crippen molar-refractivity contribution in [3.05, 3.63) is 42.2 Å². The van der Waals surface area contributed by atoms with E-state index in [1.54, 1.807) is 29.1 Å². The molecule has 0 aliphatic carbocycles. The van der Waals surface area contributed by atoms with E-state index in [1.165, 1.54) is 16.4 Å². The summed E-state index contributed by atoms with van der Waals surface area (Å²) in [7, 11) is -3.53. The Labute approximate surface area is 146 Å². The number of nitrogens with zero attached hydrogens (tertiary/aromatic N) is 3. The average Bonchev–Trinajstić information content (AvgIpc) is 3.12. The lowest BCUT2D eigenvalue weighted by atomic mass is 10.3. The maximum Gasteiger partial charge on any atom is 0.273 e. The summed E-state index contributed by atoms with van der Waals surface area (Å²) in [6.07, 6.45) is 1.57. The van der Waals surface area contributed by atoms with Gasteiger partial charge in [0, 0.05) is 31.5 Å². The lowest BCUT2D eigenvalue weighted by Crippen LogP contribution is -2.40. The summed E-state index contributed by atoms with van der Waals surface area (Å²) < 4.78 is 33.3. The first kappa shape index (κ1) is 17.6. The highest BCUT2D eigenvalue weighted by Crippen LogP contribution is 2.19. The third-order valence-corrected chi connectivity index (χ3v) is 5.88. The summed E-state index contributed by atoms with van der Waals surface area (Å²) >= 11 is 0. The van der Waals surface area contributed by atoms with Crippen molar-refractivity contribution in [2.24, 2.45) is 0 Å². The maximum absolute atomic E-state index is 12.6. The standard InChI is InChI=1S/C16H20N4O4S/c1-2-20-15(7-8-17-20)16(21)18-13-3-5-14(6-4-13)25(22,23)19-9-11-24-12-10-19/h3-8H,2,9-12H2,1H3,(H,18,21). The number of nitrogens with one attached hydrogen (secondary N) is 1. The molecule has 2 aromatic rings. The van der Waals surface area contributed by atoms with Crippen molar-refractivity contribution >= 4 is 21.6 Å². The van der Waals surface area contributed by atoms with Crippen molar-refractivity contribution in [1.29, 1.82) is 0 Å². The number of amides is 1. The molecule has 1 aromatic carbocycles. The first-order chi connectivity index (χ1) is 12.0. The Morgan fingerprint density at radius 1 is 1.20 bits per heavy atom. The van der Waals surface area contributed by atoms with E-state index in [-0.39, 0.29) is 10.8 Å². The van der Waals surface area contributed by atoms with Crippen molar-refractivity contribution in [2.45, 2.75) is 18.4 Å². The summed E-state index contributed by atoms with van der Waals surface area (Å²) in [5, 5.41) is 6.81. The molecule has 1 aliphatic rings. The number of benzene rings is 1. The molecule has 0 unspecified atom stereocenters.